The van der Waals surface area contributed by atoms with Crippen LogP contribution in [0.1, 0.15) is 27.0 Å². The normalized spacial score (nSPS) is 10.9. The van der Waals surface area contributed by atoms with Crippen molar-refractivity contribution in [1.82, 2.24) is 5.43 Å². The minimum atomic E-state index is -0.348. The van der Waals surface area contributed by atoms with Crippen molar-refractivity contribution in [1.29, 1.82) is 0 Å². The Labute approximate surface area is 202 Å². The van der Waals surface area contributed by atoms with Gasteiger partial charge in [-0.05, 0) is 75.9 Å². The Kier molecular flexibility index (Phi) is 8.12. The fourth-order valence-corrected chi connectivity index (χ4v) is 3.67. The first-order valence-electron chi connectivity index (χ1n) is 9.21. The minimum absolute atomic E-state index is 0.348. The number of methoxy groups -OCH3 is 1. The lowest BCUT2D eigenvalue weighted by Crippen LogP contribution is -2.17. The van der Waals surface area contributed by atoms with Crippen LogP contribution in [0.3, 0.4) is 0 Å². The van der Waals surface area contributed by atoms with Crippen LogP contribution in [0.25, 0.3) is 0 Å². The van der Waals surface area contributed by atoms with Gasteiger partial charge in [0.25, 0.3) is 5.91 Å². The molecule has 0 fully saturated rings. The predicted molar refractivity (Wildman–Crippen MR) is 130 cm³/mol. The standard InChI is InChI=1S/C23H19Br2ClN2O3/c1-14-3-6-17(11-20(14)26)23(29)28-27-12-16-9-19(25)22(21(10-16)30-2)31-13-15-4-7-18(24)8-5-15/h3-12H,13H2,1-2H3,(H,28,29)/b27-12-. The van der Waals surface area contributed by atoms with Crippen LogP contribution < -0.4 is 14.9 Å². The van der Waals surface area contributed by atoms with E-state index in [1.807, 2.05) is 37.3 Å². The number of rotatable bonds is 7. The Morgan fingerprint density at radius 3 is 2.55 bits per heavy atom. The zero-order chi connectivity index (χ0) is 22.4. The second-order valence-electron chi connectivity index (χ2n) is 6.61. The van der Waals surface area contributed by atoms with Crippen molar-refractivity contribution in [3.05, 3.63) is 90.8 Å². The number of amides is 1. The van der Waals surface area contributed by atoms with Crippen molar-refractivity contribution in [3.8, 4) is 11.5 Å². The summed E-state index contributed by atoms with van der Waals surface area (Å²) in [6.07, 6.45) is 1.53. The quantitative estimate of drug-likeness (QED) is 0.262. The summed E-state index contributed by atoms with van der Waals surface area (Å²) in [5.41, 5.74) is 5.59. The van der Waals surface area contributed by atoms with Gasteiger partial charge < -0.3 is 9.47 Å². The molecule has 3 aromatic carbocycles. The van der Waals surface area contributed by atoms with E-state index >= 15 is 0 Å². The summed E-state index contributed by atoms with van der Waals surface area (Å²) < 4.78 is 13.1. The van der Waals surface area contributed by atoms with Gasteiger partial charge in [-0.3, -0.25) is 4.79 Å². The van der Waals surface area contributed by atoms with Gasteiger partial charge in [-0.25, -0.2) is 5.43 Å². The number of hydrazone groups is 1. The largest absolute Gasteiger partial charge is 0.493 e. The number of hydrogen-bond acceptors (Lipinski definition) is 4. The smallest absolute Gasteiger partial charge is 0.271 e. The molecule has 8 heteroatoms. The second kappa shape index (κ2) is 10.8. The lowest BCUT2D eigenvalue weighted by atomic mass is 10.1. The predicted octanol–water partition coefficient (Wildman–Crippen LogP) is 6.52. The van der Waals surface area contributed by atoms with Gasteiger partial charge in [0.15, 0.2) is 11.5 Å². The monoisotopic (exact) mass is 564 g/mol. The molecule has 0 aliphatic heterocycles. The number of carbonyl (C=O) groups excluding carboxylic acids is 1. The van der Waals surface area contributed by atoms with Gasteiger partial charge in [0.2, 0.25) is 0 Å². The molecule has 31 heavy (non-hydrogen) atoms. The molecule has 3 rings (SSSR count). The number of benzene rings is 3. The molecule has 0 saturated heterocycles. The summed E-state index contributed by atoms with van der Waals surface area (Å²) in [6.45, 7) is 2.27. The van der Waals surface area contributed by atoms with E-state index < -0.39 is 0 Å². The number of hydrogen-bond donors (Lipinski definition) is 1. The van der Waals surface area contributed by atoms with Gasteiger partial charge in [-0.15, -0.1) is 0 Å². The second-order valence-corrected chi connectivity index (χ2v) is 8.79. The Bertz CT molecular complexity index is 1120. The van der Waals surface area contributed by atoms with Crippen LogP contribution in [0.2, 0.25) is 5.02 Å². The van der Waals surface area contributed by atoms with E-state index in [0.717, 1.165) is 21.2 Å². The van der Waals surface area contributed by atoms with E-state index in [4.69, 9.17) is 21.1 Å². The minimum Gasteiger partial charge on any atom is -0.493 e. The average molecular weight is 567 g/mol. The first-order chi connectivity index (χ1) is 14.9. The fraction of sp³-hybridized carbons (Fsp3) is 0.130. The average Bonchev–Trinajstić information content (AvgIpc) is 2.75. The molecule has 1 N–H and O–H groups in total. The highest BCUT2D eigenvalue weighted by Gasteiger charge is 2.12. The van der Waals surface area contributed by atoms with Gasteiger partial charge >= 0.3 is 0 Å². The number of nitrogens with zero attached hydrogens (tertiary/aromatic N) is 1. The van der Waals surface area contributed by atoms with Crippen LogP contribution in [-0.2, 0) is 6.61 Å². The van der Waals surface area contributed by atoms with E-state index in [2.05, 4.69) is 42.4 Å². The molecule has 0 aromatic heterocycles. The number of aryl methyl sites for hydroxylation is 1. The number of ether oxygens (including phenoxy) is 2. The summed E-state index contributed by atoms with van der Waals surface area (Å²) in [5.74, 6) is 0.782. The van der Waals surface area contributed by atoms with Gasteiger partial charge in [-0.2, -0.15) is 5.10 Å². The molecular formula is C23H19Br2ClN2O3. The number of nitrogens with one attached hydrogen (secondary N) is 1. The molecule has 3 aromatic rings. The maximum absolute atomic E-state index is 12.2. The molecule has 0 bridgehead atoms. The maximum atomic E-state index is 12.2. The molecule has 0 spiro atoms. The third kappa shape index (κ3) is 6.32. The highest BCUT2D eigenvalue weighted by atomic mass is 79.9. The van der Waals surface area contributed by atoms with Gasteiger partial charge in [0.1, 0.15) is 6.61 Å². The first kappa shape index (κ1) is 23.3. The third-order valence-corrected chi connectivity index (χ3v) is 5.89. The zero-order valence-corrected chi connectivity index (χ0v) is 20.7. The lowest BCUT2D eigenvalue weighted by Gasteiger charge is -2.13. The van der Waals surface area contributed by atoms with Crippen molar-refractivity contribution >= 4 is 55.6 Å². The number of carbonyl (C=O) groups is 1. The van der Waals surface area contributed by atoms with Crippen LogP contribution in [0.5, 0.6) is 11.5 Å². The molecule has 0 unspecified atom stereocenters. The zero-order valence-electron chi connectivity index (χ0n) is 16.8. The lowest BCUT2D eigenvalue weighted by molar-refractivity contribution is 0.0955. The van der Waals surface area contributed by atoms with Crippen LogP contribution >= 0.6 is 43.5 Å². The van der Waals surface area contributed by atoms with E-state index in [1.54, 1.807) is 31.4 Å². The van der Waals surface area contributed by atoms with Crippen LogP contribution in [0.15, 0.2) is 68.6 Å². The summed E-state index contributed by atoms with van der Waals surface area (Å²) in [4.78, 5) is 12.2. The first-order valence-corrected chi connectivity index (χ1v) is 11.2. The molecule has 0 radical (unpaired) electrons. The van der Waals surface area contributed by atoms with Gasteiger partial charge in [-0.1, -0.05) is 45.7 Å². The van der Waals surface area contributed by atoms with Crippen LogP contribution in [0, 0.1) is 6.92 Å². The highest BCUT2D eigenvalue weighted by Crippen LogP contribution is 2.37. The summed E-state index contributed by atoms with van der Waals surface area (Å²) in [7, 11) is 1.57. The molecular weight excluding hydrogens is 548 g/mol. The van der Waals surface area contributed by atoms with Crippen molar-refractivity contribution in [2.45, 2.75) is 13.5 Å². The molecule has 0 aliphatic rings. The molecule has 5 nitrogen and oxygen atoms in total. The Morgan fingerprint density at radius 2 is 1.87 bits per heavy atom. The molecule has 0 heterocycles. The van der Waals surface area contributed by atoms with Crippen LogP contribution in [0.4, 0.5) is 0 Å². The highest BCUT2D eigenvalue weighted by molar-refractivity contribution is 9.10. The molecule has 0 aliphatic carbocycles. The van der Waals surface area contributed by atoms with Crippen molar-refractivity contribution < 1.29 is 14.3 Å². The fourth-order valence-electron chi connectivity index (χ4n) is 2.65. The summed E-state index contributed by atoms with van der Waals surface area (Å²) in [6, 6.07) is 16.6. The molecule has 0 atom stereocenters. The van der Waals surface area contributed by atoms with Crippen molar-refractivity contribution in [2.24, 2.45) is 5.10 Å². The van der Waals surface area contributed by atoms with E-state index in [-0.39, 0.29) is 5.91 Å². The van der Waals surface area contributed by atoms with E-state index in [1.165, 1.54) is 6.21 Å². The summed E-state index contributed by atoms with van der Waals surface area (Å²) >= 11 is 13.0. The number of halogens is 3. The molecule has 160 valence electrons. The summed E-state index contributed by atoms with van der Waals surface area (Å²) in [5, 5.41) is 4.56. The van der Waals surface area contributed by atoms with Crippen molar-refractivity contribution in [3.63, 3.8) is 0 Å². The Balaban J connectivity index is 1.69. The van der Waals surface area contributed by atoms with Gasteiger partial charge in [0.05, 0.1) is 17.8 Å². The Morgan fingerprint density at radius 1 is 1.13 bits per heavy atom. The molecule has 1 amide bonds. The van der Waals surface area contributed by atoms with Crippen LogP contribution in [-0.4, -0.2) is 19.2 Å². The molecule has 0 saturated carbocycles. The maximum Gasteiger partial charge on any atom is 0.271 e. The Hall–Kier alpha value is -2.35. The topological polar surface area (TPSA) is 59.9 Å². The van der Waals surface area contributed by atoms with Gasteiger partial charge in [0, 0.05) is 15.1 Å². The SMILES string of the molecule is COc1cc(/C=N\NC(=O)c2ccc(C)c(Cl)c2)cc(Br)c1OCc1ccc(Br)cc1. The van der Waals surface area contributed by atoms with Crippen molar-refractivity contribution in [2.75, 3.05) is 7.11 Å². The van der Waals surface area contributed by atoms with E-state index in [0.29, 0.717) is 33.2 Å². The third-order valence-electron chi connectivity index (χ3n) is 4.36. The van der Waals surface area contributed by atoms with E-state index in [9.17, 15) is 4.79 Å².